The van der Waals surface area contributed by atoms with Crippen molar-refractivity contribution in [2.24, 2.45) is 0 Å². The van der Waals surface area contributed by atoms with E-state index in [1.807, 2.05) is 14.0 Å². The number of aromatic nitrogens is 2. The van der Waals surface area contributed by atoms with Gasteiger partial charge in [-0.15, -0.1) is 12.4 Å². The number of nitrogens with one attached hydrogen (secondary N) is 1. The highest BCUT2D eigenvalue weighted by atomic mass is 35.5. The van der Waals surface area contributed by atoms with Crippen molar-refractivity contribution >= 4 is 24.0 Å². The Hall–Kier alpha value is -1.17. The molecule has 1 N–H and O–H groups in total. The van der Waals surface area contributed by atoms with E-state index in [2.05, 4.69) is 15.5 Å². The van der Waals surface area contributed by atoms with Crippen LogP contribution in [0.4, 0.5) is 4.39 Å². The molecule has 1 aromatic carbocycles. The molecular formula is C13H16Cl2FN3O. The van der Waals surface area contributed by atoms with E-state index < -0.39 is 0 Å². The lowest BCUT2D eigenvalue weighted by atomic mass is 10.1. The third kappa shape index (κ3) is 3.69. The van der Waals surface area contributed by atoms with Gasteiger partial charge in [0.25, 0.3) is 5.89 Å². The molecule has 0 saturated carbocycles. The van der Waals surface area contributed by atoms with Crippen LogP contribution in [0.2, 0.25) is 5.02 Å². The van der Waals surface area contributed by atoms with Crippen LogP contribution in [0.1, 0.15) is 18.3 Å². The molecule has 0 radical (unpaired) electrons. The zero-order valence-corrected chi connectivity index (χ0v) is 13.0. The molecule has 0 fully saturated rings. The minimum absolute atomic E-state index is 0. The molecule has 0 aliphatic heterocycles. The Kier molecular flexibility index (Phi) is 5.92. The Morgan fingerprint density at radius 1 is 1.45 bits per heavy atom. The molecule has 1 aromatic heterocycles. The molecule has 1 atom stereocenters. The van der Waals surface area contributed by atoms with Crippen LogP contribution in [-0.2, 0) is 6.42 Å². The van der Waals surface area contributed by atoms with Gasteiger partial charge >= 0.3 is 0 Å². The highest BCUT2D eigenvalue weighted by Crippen LogP contribution is 2.29. The summed E-state index contributed by atoms with van der Waals surface area (Å²) in [6.07, 6.45) is 0.651. The highest BCUT2D eigenvalue weighted by Gasteiger charge is 2.15. The fourth-order valence-electron chi connectivity index (χ4n) is 1.64. The maximum Gasteiger partial charge on any atom is 0.259 e. The first kappa shape index (κ1) is 16.9. The zero-order valence-electron chi connectivity index (χ0n) is 11.4. The summed E-state index contributed by atoms with van der Waals surface area (Å²) >= 11 is 6.00. The maximum absolute atomic E-state index is 13.3. The van der Waals surface area contributed by atoms with Gasteiger partial charge in [0.15, 0.2) is 5.82 Å². The SMILES string of the molecule is CNC(C)Cc1noc(-c2cc(C)c(F)cc2Cl)n1.Cl. The van der Waals surface area contributed by atoms with Gasteiger partial charge in [0, 0.05) is 12.5 Å². The highest BCUT2D eigenvalue weighted by molar-refractivity contribution is 6.33. The van der Waals surface area contributed by atoms with E-state index in [9.17, 15) is 4.39 Å². The summed E-state index contributed by atoms with van der Waals surface area (Å²) in [4.78, 5) is 4.28. The van der Waals surface area contributed by atoms with E-state index in [4.69, 9.17) is 16.1 Å². The van der Waals surface area contributed by atoms with Crippen LogP contribution in [0.25, 0.3) is 11.5 Å². The smallest absolute Gasteiger partial charge is 0.259 e. The summed E-state index contributed by atoms with van der Waals surface area (Å²) in [6.45, 7) is 3.68. The topological polar surface area (TPSA) is 51.0 Å². The number of likely N-dealkylation sites (N-methyl/N-ethyl adjacent to an activating group) is 1. The van der Waals surface area contributed by atoms with Crippen LogP contribution >= 0.6 is 24.0 Å². The molecule has 0 amide bonds. The summed E-state index contributed by atoms with van der Waals surface area (Å²) in [5, 5.41) is 7.25. The lowest BCUT2D eigenvalue weighted by Gasteiger charge is -2.05. The third-order valence-electron chi connectivity index (χ3n) is 2.93. The van der Waals surface area contributed by atoms with E-state index in [-0.39, 0.29) is 29.3 Å². The predicted octanol–water partition coefficient (Wildman–Crippen LogP) is 3.41. The molecule has 1 unspecified atom stereocenters. The average molecular weight is 320 g/mol. The van der Waals surface area contributed by atoms with Gasteiger partial charge in [-0.2, -0.15) is 4.98 Å². The molecule has 2 rings (SSSR count). The number of rotatable bonds is 4. The fourth-order valence-corrected chi connectivity index (χ4v) is 1.87. The summed E-state index contributed by atoms with van der Waals surface area (Å²) in [5.74, 6) is 0.554. The molecule has 0 bridgehead atoms. The van der Waals surface area contributed by atoms with Crippen molar-refractivity contribution in [3.05, 3.63) is 34.4 Å². The predicted molar refractivity (Wildman–Crippen MR) is 78.9 cm³/mol. The van der Waals surface area contributed by atoms with E-state index in [0.29, 0.717) is 29.3 Å². The van der Waals surface area contributed by atoms with Crippen LogP contribution in [0.15, 0.2) is 16.7 Å². The third-order valence-corrected chi connectivity index (χ3v) is 3.24. The Morgan fingerprint density at radius 3 is 2.80 bits per heavy atom. The molecule has 0 aliphatic carbocycles. The quantitative estimate of drug-likeness (QED) is 0.938. The van der Waals surface area contributed by atoms with Crippen LogP contribution in [0, 0.1) is 12.7 Å². The minimum Gasteiger partial charge on any atom is -0.334 e. The van der Waals surface area contributed by atoms with Crippen molar-refractivity contribution in [3.63, 3.8) is 0 Å². The second-order valence-electron chi connectivity index (χ2n) is 4.49. The van der Waals surface area contributed by atoms with Crippen molar-refractivity contribution in [2.75, 3.05) is 7.05 Å². The molecule has 7 heteroatoms. The van der Waals surface area contributed by atoms with Gasteiger partial charge in [-0.05, 0) is 38.6 Å². The van der Waals surface area contributed by atoms with Crippen LogP contribution in [0.5, 0.6) is 0 Å². The lowest BCUT2D eigenvalue weighted by Crippen LogP contribution is -2.24. The first-order chi connectivity index (χ1) is 9.01. The number of benzene rings is 1. The van der Waals surface area contributed by atoms with Gasteiger partial charge in [0.05, 0.1) is 10.6 Å². The van der Waals surface area contributed by atoms with Gasteiger partial charge in [0.2, 0.25) is 0 Å². The van der Waals surface area contributed by atoms with Gasteiger partial charge < -0.3 is 9.84 Å². The number of nitrogens with zero attached hydrogens (tertiary/aromatic N) is 2. The Bertz CT molecular complexity index is 589. The van der Waals surface area contributed by atoms with Crippen molar-refractivity contribution in [1.82, 2.24) is 15.5 Å². The van der Waals surface area contributed by atoms with Crippen molar-refractivity contribution < 1.29 is 8.91 Å². The van der Waals surface area contributed by atoms with E-state index in [1.165, 1.54) is 6.07 Å². The van der Waals surface area contributed by atoms with E-state index in [0.717, 1.165) is 0 Å². The second-order valence-corrected chi connectivity index (χ2v) is 4.90. The van der Waals surface area contributed by atoms with Gasteiger partial charge in [-0.25, -0.2) is 4.39 Å². The molecule has 1 heterocycles. The number of hydrogen-bond acceptors (Lipinski definition) is 4. The summed E-state index contributed by atoms with van der Waals surface area (Å²) in [7, 11) is 1.87. The zero-order chi connectivity index (χ0) is 14.0. The first-order valence-electron chi connectivity index (χ1n) is 5.97. The minimum atomic E-state index is -0.350. The molecule has 0 saturated heterocycles. The number of aryl methyl sites for hydroxylation is 1. The lowest BCUT2D eigenvalue weighted by molar-refractivity contribution is 0.418. The van der Waals surface area contributed by atoms with Crippen LogP contribution < -0.4 is 5.32 Å². The second kappa shape index (κ2) is 7.02. The Balaban J connectivity index is 0.00000200. The Labute approximate surface area is 128 Å². The van der Waals surface area contributed by atoms with Crippen molar-refractivity contribution in [2.45, 2.75) is 26.3 Å². The molecule has 0 spiro atoms. The van der Waals surface area contributed by atoms with E-state index in [1.54, 1.807) is 13.0 Å². The standard InChI is InChI=1S/C13H15ClFN3O.ClH/c1-7-4-9(10(14)6-11(7)15)13-17-12(18-19-13)5-8(2)16-3;/h4,6,8,16H,5H2,1-3H3;1H. The normalized spacial score (nSPS) is 12.1. The summed E-state index contributed by atoms with van der Waals surface area (Å²) in [6, 6.07) is 3.11. The molecule has 4 nitrogen and oxygen atoms in total. The molecule has 2 aromatic rings. The fraction of sp³-hybridized carbons (Fsp3) is 0.385. The van der Waals surface area contributed by atoms with Crippen LogP contribution in [0.3, 0.4) is 0 Å². The van der Waals surface area contributed by atoms with Crippen LogP contribution in [-0.4, -0.2) is 23.2 Å². The average Bonchev–Trinajstić information content (AvgIpc) is 2.82. The molecule has 0 aliphatic rings. The first-order valence-corrected chi connectivity index (χ1v) is 6.35. The largest absolute Gasteiger partial charge is 0.334 e. The van der Waals surface area contributed by atoms with E-state index >= 15 is 0 Å². The molecule has 20 heavy (non-hydrogen) atoms. The summed E-state index contributed by atoms with van der Waals surface area (Å²) < 4.78 is 18.5. The van der Waals surface area contributed by atoms with Crippen molar-refractivity contribution in [1.29, 1.82) is 0 Å². The number of halogens is 3. The van der Waals surface area contributed by atoms with Crippen molar-refractivity contribution in [3.8, 4) is 11.5 Å². The van der Waals surface area contributed by atoms with Gasteiger partial charge in [-0.3, -0.25) is 0 Å². The van der Waals surface area contributed by atoms with Gasteiger partial charge in [0.1, 0.15) is 5.82 Å². The van der Waals surface area contributed by atoms with Gasteiger partial charge in [-0.1, -0.05) is 16.8 Å². The maximum atomic E-state index is 13.3. The summed E-state index contributed by atoms with van der Waals surface area (Å²) in [5.41, 5.74) is 1.04. The molecule has 110 valence electrons. The number of hydrogen-bond donors (Lipinski definition) is 1. The Morgan fingerprint density at radius 2 is 2.15 bits per heavy atom. The monoisotopic (exact) mass is 319 g/mol. The molecular weight excluding hydrogens is 304 g/mol.